The molecule has 1 N–H and O–H groups in total. The topological polar surface area (TPSA) is 40.5 Å². The molecule has 0 saturated carbocycles. The number of carbonyl (C=O) groups is 1. The fraction of sp³-hybridized carbons (Fsp3) is 0.857. The van der Waals surface area contributed by atoms with Crippen molar-refractivity contribution in [1.82, 2.24) is 4.90 Å². The first-order valence-corrected chi connectivity index (χ1v) is 4.73. The molecule has 1 atom stereocenters. The Bertz CT molecular complexity index is 175. The Morgan fingerprint density at radius 3 is 2.83 bits per heavy atom. The summed E-state index contributed by atoms with van der Waals surface area (Å²) in [7, 11) is 0. The van der Waals surface area contributed by atoms with Crippen molar-refractivity contribution in [3.63, 3.8) is 0 Å². The highest BCUT2D eigenvalue weighted by Crippen LogP contribution is 2.20. The number of aliphatic hydroxyl groups is 1. The van der Waals surface area contributed by atoms with Gasteiger partial charge in [0.1, 0.15) is 0 Å². The van der Waals surface area contributed by atoms with Crippen LogP contribution >= 0.6 is 23.2 Å². The van der Waals surface area contributed by atoms with E-state index in [-0.39, 0.29) is 18.6 Å². The van der Waals surface area contributed by atoms with Gasteiger partial charge in [-0.15, -0.1) is 0 Å². The maximum atomic E-state index is 11.3. The molecule has 1 unspecified atom stereocenters. The molecule has 70 valence electrons. The van der Waals surface area contributed by atoms with Gasteiger partial charge in [0.25, 0.3) is 5.91 Å². The van der Waals surface area contributed by atoms with Crippen LogP contribution in [0.3, 0.4) is 0 Å². The molecule has 0 radical (unpaired) electrons. The summed E-state index contributed by atoms with van der Waals surface area (Å²) in [5, 5.41) is 8.89. The van der Waals surface area contributed by atoms with Crippen molar-refractivity contribution in [1.29, 1.82) is 0 Å². The lowest BCUT2D eigenvalue weighted by atomic mass is 10.2. The Labute approximate surface area is 81.2 Å². The second kappa shape index (κ2) is 4.30. The largest absolute Gasteiger partial charge is 0.394 e. The zero-order valence-corrected chi connectivity index (χ0v) is 8.05. The van der Waals surface area contributed by atoms with Crippen LogP contribution in [0.25, 0.3) is 0 Å². The first kappa shape index (κ1) is 10.1. The Kier molecular flexibility index (Phi) is 3.62. The summed E-state index contributed by atoms with van der Waals surface area (Å²) in [6.45, 7) is 0.645. The van der Waals surface area contributed by atoms with Gasteiger partial charge >= 0.3 is 0 Å². The van der Waals surface area contributed by atoms with Crippen molar-refractivity contribution in [2.45, 2.75) is 23.7 Å². The van der Waals surface area contributed by atoms with Gasteiger partial charge in [0.05, 0.1) is 12.6 Å². The number of halogens is 2. The van der Waals surface area contributed by atoms with Crippen LogP contribution in [0.15, 0.2) is 0 Å². The summed E-state index contributed by atoms with van der Waals surface area (Å²) in [5.74, 6) is -0.296. The Morgan fingerprint density at radius 1 is 1.67 bits per heavy atom. The molecule has 1 fully saturated rings. The van der Waals surface area contributed by atoms with Crippen LogP contribution in [0, 0.1) is 0 Å². The molecule has 1 heterocycles. The van der Waals surface area contributed by atoms with Crippen molar-refractivity contribution >= 4 is 29.1 Å². The average molecular weight is 212 g/mol. The summed E-state index contributed by atoms with van der Waals surface area (Å²) >= 11 is 10.8. The van der Waals surface area contributed by atoms with Crippen molar-refractivity contribution in [2.24, 2.45) is 0 Å². The van der Waals surface area contributed by atoms with Gasteiger partial charge in [0.2, 0.25) is 0 Å². The molecule has 1 saturated heterocycles. The molecule has 5 heteroatoms. The third-order valence-corrected chi connectivity index (χ3v) is 2.43. The number of hydrogen-bond acceptors (Lipinski definition) is 2. The van der Waals surface area contributed by atoms with E-state index in [2.05, 4.69) is 0 Å². The van der Waals surface area contributed by atoms with Crippen molar-refractivity contribution in [2.75, 3.05) is 13.2 Å². The highest BCUT2D eigenvalue weighted by atomic mass is 35.5. The second-order valence-electron chi connectivity index (χ2n) is 2.81. The molecule has 0 aliphatic carbocycles. The maximum absolute atomic E-state index is 11.3. The summed E-state index contributed by atoms with van der Waals surface area (Å²) in [6.07, 6.45) is 1.75. The molecule has 0 aromatic carbocycles. The fourth-order valence-electron chi connectivity index (χ4n) is 1.44. The summed E-state index contributed by atoms with van der Waals surface area (Å²) in [5.41, 5.74) is 0. The predicted molar refractivity (Wildman–Crippen MR) is 47.3 cm³/mol. The zero-order valence-electron chi connectivity index (χ0n) is 6.54. The van der Waals surface area contributed by atoms with Gasteiger partial charge in [-0.25, -0.2) is 0 Å². The van der Waals surface area contributed by atoms with Gasteiger partial charge in [-0.1, -0.05) is 23.2 Å². The zero-order chi connectivity index (χ0) is 9.14. The van der Waals surface area contributed by atoms with Crippen LogP contribution in [-0.2, 0) is 4.79 Å². The lowest BCUT2D eigenvalue weighted by Crippen LogP contribution is -2.40. The van der Waals surface area contributed by atoms with E-state index in [4.69, 9.17) is 28.3 Å². The second-order valence-corrected chi connectivity index (χ2v) is 3.91. The van der Waals surface area contributed by atoms with Crippen LogP contribution in [0.5, 0.6) is 0 Å². The lowest BCUT2D eigenvalue weighted by Gasteiger charge is -2.23. The highest BCUT2D eigenvalue weighted by molar-refractivity contribution is 6.53. The highest BCUT2D eigenvalue weighted by Gasteiger charge is 2.30. The van der Waals surface area contributed by atoms with E-state index in [1.54, 1.807) is 4.90 Å². The number of aliphatic hydroxyl groups excluding tert-OH is 1. The molecule has 1 rings (SSSR count). The van der Waals surface area contributed by atoms with Gasteiger partial charge in [-0.3, -0.25) is 4.79 Å². The first-order chi connectivity index (χ1) is 5.66. The van der Waals surface area contributed by atoms with Crippen LogP contribution in [0.2, 0.25) is 0 Å². The maximum Gasteiger partial charge on any atom is 0.256 e. The van der Waals surface area contributed by atoms with Crippen LogP contribution in [0.4, 0.5) is 0 Å². The number of nitrogens with zero attached hydrogens (tertiary/aromatic N) is 1. The smallest absolute Gasteiger partial charge is 0.256 e. The minimum absolute atomic E-state index is 0.00770. The minimum Gasteiger partial charge on any atom is -0.394 e. The Balaban J connectivity index is 2.55. The fourth-order valence-corrected chi connectivity index (χ4v) is 1.69. The number of rotatable bonds is 2. The molecule has 0 bridgehead atoms. The van der Waals surface area contributed by atoms with E-state index < -0.39 is 4.84 Å². The number of hydrogen-bond donors (Lipinski definition) is 1. The van der Waals surface area contributed by atoms with E-state index in [0.717, 1.165) is 12.8 Å². The van der Waals surface area contributed by atoms with Gasteiger partial charge in [-0.05, 0) is 12.8 Å². The SMILES string of the molecule is O=C(C(Cl)Cl)N1CCCC1CO. The van der Waals surface area contributed by atoms with Crippen molar-refractivity contribution in [3.8, 4) is 0 Å². The van der Waals surface area contributed by atoms with Gasteiger partial charge in [-0.2, -0.15) is 0 Å². The van der Waals surface area contributed by atoms with Gasteiger partial charge in [0.15, 0.2) is 4.84 Å². The van der Waals surface area contributed by atoms with E-state index >= 15 is 0 Å². The number of likely N-dealkylation sites (tertiary alicyclic amines) is 1. The Morgan fingerprint density at radius 2 is 2.33 bits per heavy atom. The van der Waals surface area contributed by atoms with Crippen molar-refractivity contribution < 1.29 is 9.90 Å². The average Bonchev–Trinajstić information content (AvgIpc) is 2.49. The molecule has 0 aromatic heterocycles. The van der Waals surface area contributed by atoms with Crippen LogP contribution < -0.4 is 0 Å². The van der Waals surface area contributed by atoms with E-state index in [1.165, 1.54) is 0 Å². The molecular weight excluding hydrogens is 201 g/mol. The predicted octanol–water partition coefficient (Wildman–Crippen LogP) is 0.773. The van der Waals surface area contributed by atoms with E-state index in [0.29, 0.717) is 6.54 Å². The third kappa shape index (κ3) is 2.03. The number of alkyl halides is 2. The van der Waals surface area contributed by atoms with E-state index in [9.17, 15) is 4.79 Å². The normalized spacial score (nSPS) is 23.7. The standard InChI is InChI=1S/C7H11Cl2NO2/c8-6(9)7(12)10-3-1-2-5(10)4-11/h5-6,11H,1-4H2. The van der Waals surface area contributed by atoms with Gasteiger partial charge < -0.3 is 10.0 Å². The van der Waals surface area contributed by atoms with E-state index in [1.807, 2.05) is 0 Å². The van der Waals surface area contributed by atoms with Crippen LogP contribution in [0.1, 0.15) is 12.8 Å². The molecular formula is C7H11Cl2NO2. The lowest BCUT2D eigenvalue weighted by molar-refractivity contribution is -0.130. The Hall–Kier alpha value is 0.01000. The molecule has 1 aliphatic heterocycles. The molecule has 12 heavy (non-hydrogen) atoms. The monoisotopic (exact) mass is 211 g/mol. The summed E-state index contributed by atoms with van der Waals surface area (Å²) in [6, 6.07) is -0.0856. The van der Waals surface area contributed by atoms with Crippen LogP contribution in [-0.4, -0.2) is 39.9 Å². The molecule has 3 nitrogen and oxygen atoms in total. The minimum atomic E-state index is -1.00. The summed E-state index contributed by atoms with van der Waals surface area (Å²) < 4.78 is 0. The summed E-state index contributed by atoms with van der Waals surface area (Å²) in [4.78, 5) is 11.8. The van der Waals surface area contributed by atoms with Crippen molar-refractivity contribution in [3.05, 3.63) is 0 Å². The number of carbonyl (C=O) groups excluding carboxylic acids is 1. The first-order valence-electron chi connectivity index (χ1n) is 3.86. The molecule has 0 spiro atoms. The third-order valence-electron chi connectivity index (χ3n) is 2.06. The number of amides is 1. The van der Waals surface area contributed by atoms with Gasteiger partial charge in [0, 0.05) is 6.54 Å². The molecule has 0 aromatic rings. The molecule has 1 amide bonds. The molecule has 1 aliphatic rings. The quantitative estimate of drug-likeness (QED) is 0.687.